The molecule has 0 saturated heterocycles. The molecule has 0 atom stereocenters. The van der Waals surface area contributed by atoms with Gasteiger partial charge in [0.15, 0.2) is 0 Å². The molecule has 7 heteroatoms. The van der Waals surface area contributed by atoms with E-state index in [2.05, 4.69) is 20.5 Å². The van der Waals surface area contributed by atoms with E-state index in [1.165, 1.54) is 29.7 Å². The maximum Gasteiger partial charge on any atom is 0.255 e. The van der Waals surface area contributed by atoms with Gasteiger partial charge in [-0.15, -0.1) is 11.3 Å². The first-order valence-electron chi connectivity index (χ1n) is 6.62. The van der Waals surface area contributed by atoms with E-state index in [0.717, 1.165) is 10.7 Å². The van der Waals surface area contributed by atoms with E-state index in [0.29, 0.717) is 23.4 Å². The van der Waals surface area contributed by atoms with Crippen LogP contribution >= 0.6 is 11.3 Å². The molecule has 0 unspecified atom stereocenters. The Hall–Kier alpha value is -2.54. The quantitative estimate of drug-likeness (QED) is 0.777. The summed E-state index contributed by atoms with van der Waals surface area (Å²) in [5, 5.41) is 12.3. The average molecular weight is 316 g/mol. The van der Waals surface area contributed by atoms with Crippen LogP contribution in [0.1, 0.15) is 21.1 Å². The third-order valence-electron chi connectivity index (χ3n) is 3.08. The molecular weight excluding hydrogens is 303 g/mol. The summed E-state index contributed by atoms with van der Waals surface area (Å²) < 4.78 is 13.0. The van der Waals surface area contributed by atoms with Crippen LogP contribution in [0.4, 0.5) is 4.39 Å². The lowest BCUT2D eigenvalue weighted by Gasteiger charge is -2.04. The molecule has 0 spiro atoms. The molecule has 3 aromatic rings. The zero-order chi connectivity index (χ0) is 15.5. The normalized spacial score (nSPS) is 10.6. The zero-order valence-electron chi connectivity index (χ0n) is 11.8. The van der Waals surface area contributed by atoms with Crippen molar-refractivity contribution >= 4 is 17.2 Å². The predicted octanol–water partition coefficient (Wildman–Crippen LogP) is 2.91. The first kappa shape index (κ1) is 14.4. The standard InChI is InChI=1S/C15H13FN4OS/c1-9-8-22-13(19-9)7-17-15(21)12-6-18-20-14(12)10-2-4-11(16)5-3-10/h2-6,8H,7H2,1H3,(H,17,21)(H,18,20). The van der Waals surface area contributed by atoms with Crippen LogP contribution in [0.3, 0.4) is 0 Å². The number of hydrogen-bond donors (Lipinski definition) is 2. The lowest BCUT2D eigenvalue weighted by atomic mass is 10.1. The van der Waals surface area contributed by atoms with Gasteiger partial charge in [0.25, 0.3) is 5.91 Å². The number of carbonyl (C=O) groups excluding carboxylic acids is 1. The summed E-state index contributed by atoms with van der Waals surface area (Å²) in [5.41, 5.74) is 2.62. The fourth-order valence-corrected chi connectivity index (χ4v) is 2.74. The number of nitrogens with zero attached hydrogens (tertiary/aromatic N) is 2. The van der Waals surface area contributed by atoms with E-state index in [4.69, 9.17) is 0 Å². The van der Waals surface area contributed by atoms with Crippen molar-refractivity contribution in [3.8, 4) is 11.3 Å². The molecular formula is C15H13FN4OS. The summed E-state index contributed by atoms with van der Waals surface area (Å²) in [6.45, 7) is 2.27. The van der Waals surface area contributed by atoms with Crippen molar-refractivity contribution in [3.63, 3.8) is 0 Å². The van der Waals surface area contributed by atoms with E-state index in [1.807, 2.05) is 12.3 Å². The molecule has 0 radical (unpaired) electrons. The highest BCUT2D eigenvalue weighted by Crippen LogP contribution is 2.21. The van der Waals surface area contributed by atoms with Crippen LogP contribution in [0.25, 0.3) is 11.3 Å². The van der Waals surface area contributed by atoms with Gasteiger partial charge >= 0.3 is 0 Å². The van der Waals surface area contributed by atoms with Crippen molar-refractivity contribution in [2.24, 2.45) is 0 Å². The van der Waals surface area contributed by atoms with Gasteiger partial charge in [-0.3, -0.25) is 9.89 Å². The van der Waals surface area contributed by atoms with Gasteiger partial charge in [0, 0.05) is 16.6 Å². The second kappa shape index (κ2) is 6.07. The third kappa shape index (κ3) is 3.04. The molecule has 1 amide bonds. The molecule has 0 aliphatic carbocycles. The summed E-state index contributed by atoms with van der Waals surface area (Å²) >= 11 is 1.50. The molecule has 22 heavy (non-hydrogen) atoms. The zero-order valence-corrected chi connectivity index (χ0v) is 12.6. The van der Waals surface area contributed by atoms with Gasteiger partial charge in [0.1, 0.15) is 10.8 Å². The van der Waals surface area contributed by atoms with Gasteiger partial charge in [0.2, 0.25) is 0 Å². The minimum atomic E-state index is -0.326. The largest absolute Gasteiger partial charge is 0.345 e. The SMILES string of the molecule is Cc1csc(CNC(=O)c2cn[nH]c2-c2ccc(F)cc2)n1. The second-order valence-electron chi connectivity index (χ2n) is 4.73. The molecule has 0 aliphatic heterocycles. The van der Waals surface area contributed by atoms with Crippen LogP contribution < -0.4 is 5.32 Å². The first-order chi connectivity index (χ1) is 10.6. The van der Waals surface area contributed by atoms with E-state index >= 15 is 0 Å². The maximum absolute atomic E-state index is 13.0. The fraction of sp³-hybridized carbons (Fsp3) is 0.133. The van der Waals surface area contributed by atoms with Gasteiger partial charge < -0.3 is 5.32 Å². The number of nitrogens with one attached hydrogen (secondary N) is 2. The smallest absolute Gasteiger partial charge is 0.255 e. The molecule has 0 saturated carbocycles. The summed E-state index contributed by atoms with van der Waals surface area (Å²) in [6.07, 6.45) is 1.46. The van der Waals surface area contributed by atoms with Crippen molar-refractivity contribution < 1.29 is 9.18 Å². The molecule has 0 aliphatic rings. The lowest BCUT2D eigenvalue weighted by molar-refractivity contribution is 0.0951. The van der Waals surface area contributed by atoms with Crippen molar-refractivity contribution in [3.05, 3.63) is 57.9 Å². The highest BCUT2D eigenvalue weighted by Gasteiger charge is 2.15. The van der Waals surface area contributed by atoms with E-state index in [-0.39, 0.29) is 11.7 Å². The molecule has 5 nitrogen and oxygen atoms in total. The number of rotatable bonds is 4. The van der Waals surface area contributed by atoms with Crippen LogP contribution in [0, 0.1) is 12.7 Å². The third-order valence-corrected chi connectivity index (χ3v) is 4.05. The number of H-pyrrole nitrogens is 1. The van der Waals surface area contributed by atoms with E-state index in [1.54, 1.807) is 12.1 Å². The van der Waals surface area contributed by atoms with Crippen LogP contribution in [-0.4, -0.2) is 21.1 Å². The van der Waals surface area contributed by atoms with Gasteiger partial charge in [-0.05, 0) is 31.2 Å². The highest BCUT2D eigenvalue weighted by molar-refractivity contribution is 7.09. The van der Waals surface area contributed by atoms with Crippen LogP contribution in [0.2, 0.25) is 0 Å². The monoisotopic (exact) mass is 316 g/mol. The fourth-order valence-electron chi connectivity index (χ4n) is 2.03. The van der Waals surface area contributed by atoms with Gasteiger partial charge in [0.05, 0.1) is 24.0 Å². The van der Waals surface area contributed by atoms with Crippen molar-refractivity contribution in [2.75, 3.05) is 0 Å². The molecule has 0 fully saturated rings. The Balaban J connectivity index is 1.76. The number of amides is 1. The van der Waals surface area contributed by atoms with E-state index < -0.39 is 0 Å². The summed E-state index contributed by atoms with van der Waals surface area (Å²) in [6, 6.07) is 5.89. The Morgan fingerprint density at radius 1 is 1.36 bits per heavy atom. The number of thiazole rings is 1. The second-order valence-corrected chi connectivity index (χ2v) is 5.67. The van der Waals surface area contributed by atoms with Crippen LogP contribution in [0.15, 0.2) is 35.8 Å². The summed E-state index contributed by atoms with van der Waals surface area (Å²) in [5.74, 6) is -0.575. The predicted molar refractivity (Wildman–Crippen MR) is 82.0 cm³/mol. The number of benzene rings is 1. The minimum absolute atomic E-state index is 0.249. The highest BCUT2D eigenvalue weighted by atomic mass is 32.1. The Labute approximate surface area is 130 Å². The molecule has 112 valence electrons. The van der Waals surface area contributed by atoms with Crippen LogP contribution in [0.5, 0.6) is 0 Å². The summed E-state index contributed by atoms with van der Waals surface area (Å²) in [7, 11) is 0. The average Bonchev–Trinajstić information content (AvgIpc) is 3.14. The molecule has 1 aromatic carbocycles. The lowest BCUT2D eigenvalue weighted by Crippen LogP contribution is -2.22. The topological polar surface area (TPSA) is 70.7 Å². The molecule has 2 N–H and O–H groups in total. The minimum Gasteiger partial charge on any atom is -0.345 e. The van der Waals surface area contributed by atoms with E-state index in [9.17, 15) is 9.18 Å². The number of aryl methyl sites for hydroxylation is 1. The number of hydrogen-bond acceptors (Lipinski definition) is 4. The van der Waals surface area contributed by atoms with Crippen molar-refractivity contribution in [1.29, 1.82) is 0 Å². The molecule has 3 rings (SSSR count). The number of carbonyl (C=O) groups is 1. The van der Waals surface area contributed by atoms with Gasteiger partial charge in [-0.2, -0.15) is 5.10 Å². The molecule has 2 heterocycles. The maximum atomic E-state index is 13.0. The Morgan fingerprint density at radius 2 is 2.14 bits per heavy atom. The Kier molecular flexibility index (Phi) is 3.97. The van der Waals surface area contributed by atoms with Gasteiger partial charge in [-0.25, -0.2) is 9.37 Å². The molecule has 2 aromatic heterocycles. The number of halogens is 1. The first-order valence-corrected chi connectivity index (χ1v) is 7.50. The number of aromatic amines is 1. The van der Waals surface area contributed by atoms with Crippen molar-refractivity contribution in [1.82, 2.24) is 20.5 Å². The Morgan fingerprint density at radius 3 is 2.82 bits per heavy atom. The molecule has 0 bridgehead atoms. The Bertz CT molecular complexity index is 794. The van der Waals surface area contributed by atoms with Crippen molar-refractivity contribution in [2.45, 2.75) is 13.5 Å². The summed E-state index contributed by atoms with van der Waals surface area (Å²) in [4.78, 5) is 16.6. The number of aromatic nitrogens is 3. The van der Waals surface area contributed by atoms with Crippen LogP contribution in [-0.2, 0) is 6.54 Å². The van der Waals surface area contributed by atoms with Gasteiger partial charge in [-0.1, -0.05) is 0 Å².